The summed E-state index contributed by atoms with van der Waals surface area (Å²) in [7, 11) is 0. The topological polar surface area (TPSA) is 47.9 Å². The van der Waals surface area contributed by atoms with Gasteiger partial charge in [-0.3, -0.25) is 0 Å². The van der Waals surface area contributed by atoms with E-state index in [2.05, 4.69) is 164 Å². The average molecular weight is 840 g/mol. The van der Waals surface area contributed by atoms with Crippen molar-refractivity contribution in [1.82, 2.24) is 15.0 Å². The molecule has 0 saturated carbocycles. The third-order valence-corrected chi connectivity index (χ3v) is 14.0. The molecule has 0 amide bonds. The molecule has 1 aromatic heterocycles. The Morgan fingerprint density at radius 2 is 0.727 bits per heavy atom. The molecule has 3 aliphatic rings. The van der Waals surface area contributed by atoms with Gasteiger partial charge in [-0.2, -0.15) is 0 Å². The maximum Gasteiger partial charge on any atom is 0.164 e. The lowest BCUT2D eigenvalue weighted by atomic mass is 9.65. The summed E-state index contributed by atoms with van der Waals surface area (Å²) < 4.78 is 7.37. The summed E-state index contributed by atoms with van der Waals surface area (Å²) in [4.78, 5) is 15.4. The standard InChI is InChI=1S/C62H37N3O/c1-3-17-38(18-4-1)59-63-60(39-19-5-2-6-20-39)65-61(64-59)40-33-36-56-55(37-40)62(52-30-13-11-25-46(52)47-26-12-14-31-53(47)62)54-32-16-29-51(58(54)66-56)44-24-10-7-21-41(44)45-34-35-50-43-23-9-8-22-42(43)48-27-15-28-49(45)57(48)50/h1-37H. The van der Waals surface area contributed by atoms with Crippen molar-refractivity contribution in [2.75, 3.05) is 0 Å². The number of fused-ring (bicyclic) bond motifs is 12. The number of nitrogens with zero attached hydrogens (tertiary/aromatic N) is 3. The molecule has 0 unspecified atom stereocenters. The molecule has 0 saturated heterocycles. The van der Waals surface area contributed by atoms with Crippen LogP contribution >= 0.6 is 0 Å². The van der Waals surface area contributed by atoms with Gasteiger partial charge in [0.2, 0.25) is 0 Å². The molecule has 11 aromatic rings. The van der Waals surface area contributed by atoms with Gasteiger partial charge >= 0.3 is 0 Å². The van der Waals surface area contributed by atoms with Crippen molar-refractivity contribution in [3.63, 3.8) is 0 Å². The van der Waals surface area contributed by atoms with Gasteiger partial charge in [-0.15, -0.1) is 0 Å². The zero-order valence-corrected chi connectivity index (χ0v) is 35.6. The van der Waals surface area contributed by atoms with Crippen molar-refractivity contribution in [1.29, 1.82) is 0 Å². The lowest BCUT2D eigenvalue weighted by Gasteiger charge is -2.40. The maximum atomic E-state index is 7.37. The molecule has 0 bridgehead atoms. The number of aromatic nitrogens is 3. The van der Waals surface area contributed by atoms with Gasteiger partial charge in [-0.1, -0.05) is 206 Å². The fourth-order valence-corrected chi connectivity index (χ4v) is 11.2. The molecule has 4 nitrogen and oxygen atoms in total. The van der Waals surface area contributed by atoms with Crippen molar-refractivity contribution >= 4 is 10.8 Å². The highest BCUT2D eigenvalue weighted by Crippen LogP contribution is 2.64. The van der Waals surface area contributed by atoms with Gasteiger partial charge in [0, 0.05) is 33.4 Å². The molecule has 14 rings (SSSR count). The number of rotatable bonds is 5. The Morgan fingerprint density at radius 3 is 1.35 bits per heavy atom. The monoisotopic (exact) mass is 839 g/mol. The van der Waals surface area contributed by atoms with Crippen LogP contribution in [0.1, 0.15) is 22.3 Å². The molecular formula is C62H37N3O. The van der Waals surface area contributed by atoms with Crippen molar-refractivity contribution in [2.45, 2.75) is 5.41 Å². The van der Waals surface area contributed by atoms with Crippen molar-refractivity contribution < 1.29 is 4.74 Å². The van der Waals surface area contributed by atoms with E-state index in [-0.39, 0.29) is 0 Å². The van der Waals surface area contributed by atoms with E-state index in [4.69, 9.17) is 19.7 Å². The Kier molecular flexibility index (Phi) is 7.87. The zero-order valence-electron chi connectivity index (χ0n) is 35.6. The molecule has 0 atom stereocenters. The second kappa shape index (κ2) is 14.1. The highest BCUT2D eigenvalue weighted by atomic mass is 16.5. The quantitative estimate of drug-likeness (QED) is 0.173. The molecule has 2 aliphatic carbocycles. The molecule has 306 valence electrons. The predicted octanol–water partition coefficient (Wildman–Crippen LogP) is 15.5. The molecule has 66 heavy (non-hydrogen) atoms. The highest BCUT2D eigenvalue weighted by molar-refractivity contribution is 6.19. The number of hydrogen-bond acceptors (Lipinski definition) is 4. The van der Waals surface area contributed by atoms with E-state index in [1.54, 1.807) is 0 Å². The van der Waals surface area contributed by atoms with Gasteiger partial charge in [-0.05, 0) is 90.2 Å². The predicted molar refractivity (Wildman–Crippen MR) is 266 cm³/mol. The molecule has 0 radical (unpaired) electrons. The second-order valence-corrected chi connectivity index (χ2v) is 17.4. The molecule has 1 spiro atoms. The van der Waals surface area contributed by atoms with Crippen LogP contribution in [0.4, 0.5) is 0 Å². The van der Waals surface area contributed by atoms with Crippen LogP contribution in [0.25, 0.3) is 101 Å². The highest BCUT2D eigenvalue weighted by Gasteiger charge is 2.51. The molecular weight excluding hydrogens is 803 g/mol. The number of ether oxygens (including phenoxy) is 1. The summed E-state index contributed by atoms with van der Waals surface area (Å²) in [6.07, 6.45) is 0. The Morgan fingerprint density at radius 1 is 0.288 bits per heavy atom. The van der Waals surface area contributed by atoms with Crippen molar-refractivity contribution in [3.05, 3.63) is 247 Å². The minimum Gasteiger partial charge on any atom is -0.456 e. The molecule has 4 heteroatoms. The minimum absolute atomic E-state index is 0.599. The minimum atomic E-state index is -0.720. The van der Waals surface area contributed by atoms with Crippen LogP contribution in [0.5, 0.6) is 11.5 Å². The van der Waals surface area contributed by atoms with Gasteiger partial charge in [0.05, 0.1) is 5.41 Å². The Bertz CT molecular complexity index is 3670. The summed E-state index contributed by atoms with van der Waals surface area (Å²) in [5.41, 5.74) is 18.7. The number of benzene rings is 10. The van der Waals surface area contributed by atoms with Gasteiger partial charge in [0.25, 0.3) is 0 Å². The van der Waals surface area contributed by atoms with E-state index >= 15 is 0 Å². The Hall–Kier alpha value is -8.73. The first-order chi connectivity index (χ1) is 32.7. The fraction of sp³-hybridized carbons (Fsp3) is 0.0161. The third-order valence-electron chi connectivity index (χ3n) is 14.0. The third kappa shape index (κ3) is 5.18. The van der Waals surface area contributed by atoms with Crippen LogP contribution in [0.15, 0.2) is 224 Å². The lowest BCUT2D eigenvalue weighted by molar-refractivity contribution is 0.438. The van der Waals surface area contributed by atoms with Gasteiger partial charge in [0.15, 0.2) is 17.5 Å². The molecule has 0 N–H and O–H groups in total. The van der Waals surface area contributed by atoms with E-state index in [1.165, 1.54) is 60.8 Å². The molecule has 0 fully saturated rings. The lowest BCUT2D eigenvalue weighted by Crippen LogP contribution is -2.32. The van der Waals surface area contributed by atoms with Crippen LogP contribution in [0.3, 0.4) is 0 Å². The van der Waals surface area contributed by atoms with Crippen LogP contribution in [0, 0.1) is 0 Å². The number of para-hydroxylation sites is 1. The first-order valence-electron chi connectivity index (χ1n) is 22.5. The maximum absolute atomic E-state index is 7.37. The van der Waals surface area contributed by atoms with E-state index in [0.717, 1.165) is 56.0 Å². The van der Waals surface area contributed by atoms with Crippen molar-refractivity contribution in [2.24, 2.45) is 0 Å². The Labute approximate surface area is 382 Å². The summed E-state index contributed by atoms with van der Waals surface area (Å²) >= 11 is 0. The molecule has 2 heterocycles. The normalized spacial score (nSPS) is 13.1. The first-order valence-corrected chi connectivity index (χ1v) is 22.5. The zero-order chi connectivity index (χ0) is 43.3. The second-order valence-electron chi connectivity index (χ2n) is 17.4. The summed E-state index contributed by atoms with van der Waals surface area (Å²) in [5.74, 6) is 3.50. The Balaban J connectivity index is 1.00. The molecule has 1 aliphatic heterocycles. The molecule has 10 aromatic carbocycles. The summed E-state index contributed by atoms with van der Waals surface area (Å²) in [6.45, 7) is 0. The van der Waals surface area contributed by atoms with Gasteiger partial charge in [0.1, 0.15) is 11.5 Å². The van der Waals surface area contributed by atoms with Crippen LogP contribution in [-0.2, 0) is 5.41 Å². The summed E-state index contributed by atoms with van der Waals surface area (Å²) in [5, 5.41) is 2.56. The van der Waals surface area contributed by atoms with Crippen LogP contribution < -0.4 is 4.74 Å². The van der Waals surface area contributed by atoms with Gasteiger partial charge in [-0.25, -0.2) is 15.0 Å². The smallest absolute Gasteiger partial charge is 0.164 e. The van der Waals surface area contributed by atoms with E-state index < -0.39 is 5.41 Å². The fourth-order valence-electron chi connectivity index (χ4n) is 11.2. The number of hydrogen-bond donors (Lipinski definition) is 0. The van der Waals surface area contributed by atoms with Crippen LogP contribution in [0.2, 0.25) is 0 Å². The SMILES string of the molecule is c1ccc(-c2nc(-c3ccccc3)nc(-c3ccc4c(c3)C3(c5ccccc5-c5ccccc53)c3cccc(-c5ccccc5-c5ccc6c7c(cccc57)-c5ccccc5-6)c3O4)n2)cc1. The van der Waals surface area contributed by atoms with E-state index in [0.29, 0.717) is 17.5 Å². The van der Waals surface area contributed by atoms with Crippen LogP contribution in [-0.4, -0.2) is 15.0 Å². The first kappa shape index (κ1) is 36.7. The largest absolute Gasteiger partial charge is 0.456 e. The average Bonchev–Trinajstić information content (AvgIpc) is 3.88. The van der Waals surface area contributed by atoms with Crippen molar-refractivity contribution in [3.8, 4) is 101 Å². The summed E-state index contributed by atoms with van der Waals surface area (Å²) in [6, 6.07) is 80.2. The van der Waals surface area contributed by atoms with E-state index in [9.17, 15) is 0 Å². The van der Waals surface area contributed by atoms with Gasteiger partial charge < -0.3 is 4.74 Å². The van der Waals surface area contributed by atoms with E-state index in [1.807, 2.05) is 60.7 Å².